The smallest absolute Gasteiger partial charge is 0.306 e. The number of piperidine rings is 1. The van der Waals surface area contributed by atoms with Crippen LogP contribution in [0.3, 0.4) is 0 Å². The lowest BCUT2D eigenvalue weighted by Gasteiger charge is -2.37. The molecule has 2 aliphatic heterocycles. The molecular formula is C20H27NO5. The number of benzene rings is 1. The zero-order valence-corrected chi connectivity index (χ0v) is 15.4. The van der Waals surface area contributed by atoms with E-state index in [0.29, 0.717) is 25.4 Å². The number of carbonyl (C=O) groups is 2. The van der Waals surface area contributed by atoms with E-state index < -0.39 is 0 Å². The number of esters is 1. The Kier molecular flexibility index (Phi) is 6.40. The Morgan fingerprint density at radius 2 is 1.88 bits per heavy atom. The van der Waals surface area contributed by atoms with E-state index in [0.717, 1.165) is 38.0 Å². The van der Waals surface area contributed by atoms with Crippen LogP contribution in [0, 0.1) is 0 Å². The summed E-state index contributed by atoms with van der Waals surface area (Å²) in [5.74, 6) is -0.706. The van der Waals surface area contributed by atoms with Gasteiger partial charge in [0, 0.05) is 44.5 Å². The number of nitrogens with zero attached hydrogens (tertiary/aromatic N) is 1. The first kappa shape index (κ1) is 19.0. The Hall–Kier alpha value is -1.76. The summed E-state index contributed by atoms with van der Waals surface area (Å²) < 4.78 is 16.4. The Bertz CT molecular complexity index is 629. The molecule has 3 rings (SSSR count). The van der Waals surface area contributed by atoms with E-state index in [9.17, 15) is 9.59 Å². The molecule has 1 aromatic rings. The minimum atomic E-state index is -0.360. The first-order valence-corrected chi connectivity index (χ1v) is 9.38. The van der Waals surface area contributed by atoms with Gasteiger partial charge in [0.1, 0.15) is 0 Å². The van der Waals surface area contributed by atoms with Gasteiger partial charge in [-0.25, -0.2) is 0 Å². The Morgan fingerprint density at radius 1 is 1.15 bits per heavy atom. The van der Waals surface area contributed by atoms with Crippen molar-refractivity contribution in [2.45, 2.75) is 44.9 Å². The van der Waals surface area contributed by atoms with E-state index in [4.69, 9.17) is 14.2 Å². The molecule has 142 valence electrons. The zero-order chi connectivity index (χ0) is 18.4. The van der Waals surface area contributed by atoms with Gasteiger partial charge in [0.2, 0.25) is 0 Å². The summed E-state index contributed by atoms with van der Waals surface area (Å²) in [4.78, 5) is 26.1. The lowest BCUT2D eigenvalue weighted by atomic mass is 10.0. The SMILES string of the molecule is CCOC(=O)CCC(=O)c1cccc(CN2CCC3(CC2)OCCO3)c1. The third-order valence-corrected chi connectivity index (χ3v) is 4.95. The molecule has 0 radical (unpaired) electrons. The number of ketones is 1. The second kappa shape index (κ2) is 8.75. The van der Waals surface area contributed by atoms with E-state index in [2.05, 4.69) is 4.90 Å². The Morgan fingerprint density at radius 3 is 2.58 bits per heavy atom. The van der Waals surface area contributed by atoms with Crippen molar-refractivity contribution in [3.05, 3.63) is 35.4 Å². The number of hydrogen-bond donors (Lipinski definition) is 0. The second-order valence-corrected chi connectivity index (χ2v) is 6.81. The summed E-state index contributed by atoms with van der Waals surface area (Å²) in [6, 6.07) is 7.68. The van der Waals surface area contributed by atoms with Crippen LogP contribution in [0.25, 0.3) is 0 Å². The molecule has 6 nitrogen and oxygen atoms in total. The highest BCUT2D eigenvalue weighted by Gasteiger charge is 2.39. The van der Waals surface area contributed by atoms with Crippen LogP contribution in [0.4, 0.5) is 0 Å². The zero-order valence-electron chi connectivity index (χ0n) is 15.4. The maximum atomic E-state index is 12.3. The largest absolute Gasteiger partial charge is 0.466 e. The first-order valence-electron chi connectivity index (χ1n) is 9.38. The van der Waals surface area contributed by atoms with E-state index in [1.807, 2.05) is 24.3 Å². The molecule has 0 unspecified atom stereocenters. The topological polar surface area (TPSA) is 65.1 Å². The van der Waals surface area contributed by atoms with Crippen LogP contribution in [0.15, 0.2) is 24.3 Å². The van der Waals surface area contributed by atoms with Gasteiger partial charge < -0.3 is 14.2 Å². The minimum absolute atomic E-state index is 0.0229. The average molecular weight is 361 g/mol. The predicted octanol–water partition coefficient (Wildman–Crippen LogP) is 2.55. The molecule has 2 heterocycles. The van der Waals surface area contributed by atoms with Crippen LogP contribution < -0.4 is 0 Å². The Balaban J connectivity index is 1.51. The highest BCUT2D eigenvalue weighted by atomic mass is 16.7. The molecule has 0 amide bonds. The fraction of sp³-hybridized carbons (Fsp3) is 0.600. The summed E-state index contributed by atoms with van der Waals surface area (Å²) in [7, 11) is 0. The molecule has 0 N–H and O–H groups in total. The molecule has 6 heteroatoms. The van der Waals surface area contributed by atoms with E-state index >= 15 is 0 Å². The van der Waals surface area contributed by atoms with Crippen molar-refractivity contribution in [3.8, 4) is 0 Å². The molecule has 1 spiro atoms. The molecule has 0 atom stereocenters. The summed E-state index contributed by atoms with van der Waals surface area (Å²) in [5, 5.41) is 0. The summed E-state index contributed by atoms with van der Waals surface area (Å²) in [6.07, 6.45) is 2.07. The predicted molar refractivity (Wildman–Crippen MR) is 95.8 cm³/mol. The van der Waals surface area contributed by atoms with Crippen LogP contribution in [0.5, 0.6) is 0 Å². The van der Waals surface area contributed by atoms with Crippen molar-refractivity contribution in [2.75, 3.05) is 32.9 Å². The van der Waals surface area contributed by atoms with Crippen molar-refractivity contribution in [2.24, 2.45) is 0 Å². The monoisotopic (exact) mass is 361 g/mol. The standard InChI is InChI=1S/C20H27NO5/c1-2-24-19(23)7-6-18(22)17-5-3-4-16(14-17)15-21-10-8-20(9-11-21)25-12-13-26-20/h3-5,14H,2,6-13,15H2,1H3. The molecule has 0 saturated carbocycles. The van der Waals surface area contributed by atoms with Gasteiger partial charge in [0.15, 0.2) is 11.6 Å². The van der Waals surface area contributed by atoms with Gasteiger partial charge in [-0.2, -0.15) is 0 Å². The lowest BCUT2D eigenvalue weighted by Crippen LogP contribution is -2.44. The van der Waals surface area contributed by atoms with Crippen LogP contribution in [0.2, 0.25) is 0 Å². The quantitative estimate of drug-likeness (QED) is 0.549. The molecule has 26 heavy (non-hydrogen) atoms. The third kappa shape index (κ3) is 4.90. The highest BCUT2D eigenvalue weighted by molar-refractivity contribution is 5.97. The van der Waals surface area contributed by atoms with Gasteiger partial charge in [0.25, 0.3) is 0 Å². The molecule has 2 fully saturated rings. The third-order valence-electron chi connectivity index (χ3n) is 4.95. The molecule has 0 bridgehead atoms. The number of carbonyl (C=O) groups excluding carboxylic acids is 2. The molecule has 2 saturated heterocycles. The maximum Gasteiger partial charge on any atom is 0.306 e. The van der Waals surface area contributed by atoms with Crippen LogP contribution >= 0.6 is 0 Å². The molecular weight excluding hydrogens is 334 g/mol. The number of likely N-dealkylation sites (tertiary alicyclic amines) is 1. The summed E-state index contributed by atoms with van der Waals surface area (Å²) in [6.45, 7) is 6.12. The number of ether oxygens (including phenoxy) is 3. The average Bonchev–Trinajstić information content (AvgIpc) is 3.10. The number of Topliss-reactive ketones (excluding diaryl/α,β-unsaturated/α-hetero) is 1. The molecule has 1 aromatic carbocycles. The highest BCUT2D eigenvalue weighted by Crippen LogP contribution is 2.31. The van der Waals surface area contributed by atoms with Crippen molar-refractivity contribution in [1.29, 1.82) is 0 Å². The number of rotatable bonds is 7. The maximum absolute atomic E-state index is 12.3. The molecule has 0 aromatic heterocycles. The van der Waals surface area contributed by atoms with Gasteiger partial charge in [-0.15, -0.1) is 0 Å². The second-order valence-electron chi connectivity index (χ2n) is 6.81. The fourth-order valence-corrected chi connectivity index (χ4v) is 3.53. The normalized spacial score (nSPS) is 19.6. The molecule has 0 aliphatic carbocycles. The summed E-state index contributed by atoms with van der Waals surface area (Å²) >= 11 is 0. The van der Waals surface area contributed by atoms with Crippen LogP contribution in [-0.2, 0) is 25.5 Å². The minimum Gasteiger partial charge on any atom is -0.466 e. The Labute approximate surface area is 154 Å². The van der Waals surface area contributed by atoms with E-state index in [-0.39, 0.29) is 30.4 Å². The first-order chi connectivity index (χ1) is 12.6. The van der Waals surface area contributed by atoms with Gasteiger partial charge in [0.05, 0.1) is 26.2 Å². The molecule has 2 aliphatic rings. The van der Waals surface area contributed by atoms with Crippen molar-refractivity contribution in [3.63, 3.8) is 0 Å². The van der Waals surface area contributed by atoms with E-state index in [1.54, 1.807) is 6.92 Å². The van der Waals surface area contributed by atoms with Crippen molar-refractivity contribution < 1.29 is 23.8 Å². The van der Waals surface area contributed by atoms with Crippen molar-refractivity contribution >= 4 is 11.8 Å². The van der Waals surface area contributed by atoms with E-state index in [1.165, 1.54) is 0 Å². The van der Waals surface area contributed by atoms with Crippen molar-refractivity contribution in [1.82, 2.24) is 4.90 Å². The fourth-order valence-electron chi connectivity index (χ4n) is 3.53. The summed E-state index contributed by atoms with van der Waals surface area (Å²) in [5.41, 5.74) is 1.76. The van der Waals surface area contributed by atoms with Gasteiger partial charge in [-0.05, 0) is 18.6 Å². The van der Waals surface area contributed by atoms with Crippen LogP contribution in [0.1, 0.15) is 48.5 Å². The number of hydrogen-bond acceptors (Lipinski definition) is 6. The van der Waals surface area contributed by atoms with Gasteiger partial charge in [-0.1, -0.05) is 18.2 Å². The lowest BCUT2D eigenvalue weighted by molar-refractivity contribution is -0.185. The van der Waals surface area contributed by atoms with Crippen LogP contribution in [-0.4, -0.2) is 55.3 Å². The van der Waals surface area contributed by atoms with Gasteiger partial charge in [-0.3, -0.25) is 14.5 Å². The van der Waals surface area contributed by atoms with Gasteiger partial charge >= 0.3 is 5.97 Å².